The van der Waals surface area contributed by atoms with Crippen LogP contribution < -0.4 is 5.32 Å². The highest BCUT2D eigenvalue weighted by molar-refractivity contribution is 7.15. The van der Waals surface area contributed by atoms with Crippen LogP contribution in [0.1, 0.15) is 56.4 Å². The number of likely N-dealkylation sites (tertiary alicyclic amines) is 1. The fourth-order valence-electron chi connectivity index (χ4n) is 4.85. The second-order valence-corrected chi connectivity index (χ2v) is 10.6. The fraction of sp³-hybridized carbons (Fsp3) is 0.462. The predicted molar refractivity (Wildman–Crippen MR) is 140 cm³/mol. The molecule has 2 aliphatic rings. The van der Waals surface area contributed by atoms with E-state index in [2.05, 4.69) is 10.3 Å². The molecule has 1 aromatic carbocycles. The lowest BCUT2D eigenvalue weighted by molar-refractivity contribution is 0.0970. The van der Waals surface area contributed by atoms with Crippen molar-refractivity contribution < 1.29 is 9.53 Å². The van der Waals surface area contributed by atoms with Gasteiger partial charge in [-0.2, -0.15) is 0 Å². The highest BCUT2D eigenvalue weighted by atomic mass is 35.5. The Bertz CT molecular complexity index is 1170. The van der Waals surface area contributed by atoms with Crippen molar-refractivity contribution in [3.8, 4) is 21.8 Å². The van der Waals surface area contributed by atoms with Crippen LogP contribution in [0.3, 0.4) is 0 Å². The third-order valence-corrected chi connectivity index (χ3v) is 8.16. The van der Waals surface area contributed by atoms with Gasteiger partial charge in [0.2, 0.25) is 5.95 Å². The molecule has 1 aliphatic heterocycles. The normalized spacial score (nSPS) is 17.0. The Morgan fingerprint density at radius 1 is 1.17 bits per heavy atom. The summed E-state index contributed by atoms with van der Waals surface area (Å²) < 4.78 is 5.17. The van der Waals surface area contributed by atoms with Gasteiger partial charge in [-0.3, -0.25) is 0 Å². The summed E-state index contributed by atoms with van der Waals surface area (Å²) in [4.78, 5) is 29.4. The van der Waals surface area contributed by atoms with Gasteiger partial charge in [0.25, 0.3) is 0 Å². The highest BCUT2D eigenvalue weighted by Gasteiger charge is 2.28. The molecular formula is C26H30ClN5O2S. The number of hydrogen-bond donors (Lipinski definition) is 1. The minimum absolute atomic E-state index is 0.228. The minimum atomic E-state index is -0.228. The van der Waals surface area contributed by atoms with Gasteiger partial charge in [0, 0.05) is 41.8 Å². The van der Waals surface area contributed by atoms with Crippen LogP contribution in [-0.4, -0.2) is 51.7 Å². The van der Waals surface area contributed by atoms with Gasteiger partial charge in [0.15, 0.2) is 0 Å². The molecule has 1 N–H and O–H groups in total. The van der Waals surface area contributed by atoms with Crippen LogP contribution in [0.5, 0.6) is 0 Å². The van der Waals surface area contributed by atoms with Crippen molar-refractivity contribution in [1.29, 1.82) is 0 Å². The first kappa shape index (κ1) is 24.0. The predicted octanol–water partition coefficient (Wildman–Crippen LogP) is 6.61. The molecule has 1 amide bonds. The molecule has 184 valence electrons. The lowest BCUT2D eigenvalue weighted by Gasteiger charge is -2.30. The molecule has 2 aromatic heterocycles. The molecule has 0 bridgehead atoms. The van der Waals surface area contributed by atoms with E-state index in [1.165, 1.54) is 12.8 Å². The SMILES string of the molecule is CCOC(=O)N1CCC(c2nc(-c3cccc(Cl)c3)c(-c3ccnc(NC4CCCC4)n3)s2)CC1. The first-order valence-electron chi connectivity index (χ1n) is 12.4. The van der Waals surface area contributed by atoms with Gasteiger partial charge in [-0.05, 0) is 50.8 Å². The zero-order valence-electron chi connectivity index (χ0n) is 19.9. The Morgan fingerprint density at radius 2 is 1.97 bits per heavy atom. The summed E-state index contributed by atoms with van der Waals surface area (Å²) >= 11 is 8.02. The molecule has 0 atom stereocenters. The lowest BCUT2D eigenvalue weighted by atomic mass is 9.98. The topological polar surface area (TPSA) is 80.2 Å². The Morgan fingerprint density at radius 3 is 2.71 bits per heavy atom. The maximum absolute atomic E-state index is 12.1. The van der Waals surface area contributed by atoms with E-state index in [4.69, 9.17) is 26.3 Å². The van der Waals surface area contributed by atoms with Crippen molar-refractivity contribution in [1.82, 2.24) is 19.9 Å². The van der Waals surface area contributed by atoms with Gasteiger partial charge in [-0.15, -0.1) is 11.3 Å². The maximum atomic E-state index is 12.1. The summed E-state index contributed by atoms with van der Waals surface area (Å²) in [6.07, 6.45) is 8.14. The summed E-state index contributed by atoms with van der Waals surface area (Å²) in [5.74, 6) is 0.958. The number of halogens is 1. The molecule has 2 fully saturated rings. The summed E-state index contributed by atoms with van der Waals surface area (Å²) in [5.41, 5.74) is 2.73. The van der Waals surface area contributed by atoms with E-state index >= 15 is 0 Å². The average Bonchev–Trinajstić information content (AvgIpc) is 3.55. The van der Waals surface area contributed by atoms with Crippen molar-refractivity contribution in [2.45, 2.75) is 57.4 Å². The Balaban J connectivity index is 1.44. The van der Waals surface area contributed by atoms with Crippen LogP contribution in [0.2, 0.25) is 5.02 Å². The van der Waals surface area contributed by atoms with Crippen molar-refractivity contribution in [2.24, 2.45) is 0 Å². The molecule has 1 aliphatic carbocycles. The quantitative estimate of drug-likeness (QED) is 0.401. The third kappa shape index (κ3) is 5.59. The van der Waals surface area contributed by atoms with Crippen LogP contribution in [0.4, 0.5) is 10.7 Å². The molecule has 3 aromatic rings. The van der Waals surface area contributed by atoms with E-state index in [1.54, 1.807) is 16.2 Å². The number of rotatable bonds is 6. The van der Waals surface area contributed by atoms with Crippen LogP contribution in [0, 0.1) is 0 Å². The van der Waals surface area contributed by atoms with Gasteiger partial charge >= 0.3 is 6.09 Å². The number of anilines is 1. The van der Waals surface area contributed by atoms with Crippen molar-refractivity contribution in [3.05, 3.63) is 46.6 Å². The summed E-state index contributed by atoms with van der Waals surface area (Å²) in [7, 11) is 0. The summed E-state index contributed by atoms with van der Waals surface area (Å²) in [6, 6.07) is 10.2. The number of aromatic nitrogens is 3. The molecule has 9 heteroatoms. The molecule has 35 heavy (non-hydrogen) atoms. The molecule has 3 heterocycles. The van der Waals surface area contributed by atoms with E-state index in [-0.39, 0.29) is 12.0 Å². The van der Waals surface area contributed by atoms with E-state index in [0.29, 0.717) is 36.7 Å². The summed E-state index contributed by atoms with van der Waals surface area (Å²) in [6.45, 7) is 3.58. The second-order valence-electron chi connectivity index (χ2n) is 9.09. The van der Waals surface area contributed by atoms with Crippen molar-refractivity contribution >= 4 is 35.0 Å². The molecule has 7 nitrogen and oxygen atoms in total. The second kappa shape index (κ2) is 10.9. The van der Waals surface area contributed by atoms with Gasteiger partial charge in [0.1, 0.15) is 0 Å². The van der Waals surface area contributed by atoms with Crippen LogP contribution in [0.15, 0.2) is 36.5 Å². The number of piperidine rings is 1. The van der Waals surface area contributed by atoms with E-state index in [1.807, 2.05) is 43.5 Å². The van der Waals surface area contributed by atoms with E-state index in [0.717, 1.165) is 52.5 Å². The highest BCUT2D eigenvalue weighted by Crippen LogP contribution is 2.41. The smallest absolute Gasteiger partial charge is 0.409 e. The number of benzene rings is 1. The van der Waals surface area contributed by atoms with Crippen LogP contribution >= 0.6 is 22.9 Å². The number of nitrogens with one attached hydrogen (secondary N) is 1. The van der Waals surface area contributed by atoms with Crippen molar-refractivity contribution in [2.75, 3.05) is 25.0 Å². The molecule has 0 unspecified atom stereocenters. The first-order valence-corrected chi connectivity index (χ1v) is 13.6. The molecule has 0 radical (unpaired) electrons. The number of hydrogen-bond acceptors (Lipinski definition) is 7. The van der Waals surface area contributed by atoms with Gasteiger partial charge in [-0.1, -0.05) is 36.6 Å². The molecular weight excluding hydrogens is 482 g/mol. The minimum Gasteiger partial charge on any atom is -0.450 e. The Kier molecular flexibility index (Phi) is 7.48. The zero-order valence-corrected chi connectivity index (χ0v) is 21.4. The zero-order chi connectivity index (χ0) is 24.2. The average molecular weight is 512 g/mol. The Labute approximate surface area is 214 Å². The van der Waals surface area contributed by atoms with E-state index < -0.39 is 0 Å². The number of ether oxygens (including phenoxy) is 1. The first-order chi connectivity index (χ1) is 17.1. The monoisotopic (exact) mass is 511 g/mol. The van der Waals surface area contributed by atoms with E-state index in [9.17, 15) is 4.79 Å². The van der Waals surface area contributed by atoms with Gasteiger partial charge < -0.3 is 15.0 Å². The maximum Gasteiger partial charge on any atom is 0.409 e. The van der Waals surface area contributed by atoms with Gasteiger partial charge in [-0.25, -0.2) is 19.7 Å². The van der Waals surface area contributed by atoms with Crippen LogP contribution in [0.25, 0.3) is 21.8 Å². The molecule has 1 saturated carbocycles. The summed E-state index contributed by atoms with van der Waals surface area (Å²) in [5, 5.41) is 5.26. The van der Waals surface area contributed by atoms with Crippen molar-refractivity contribution in [3.63, 3.8) is 0 Å². The number of amides is 1. The largest absolute Gasteiger partial charge is 0.450 e. The Hall–Kier alpha value is -2.71. The number of carbonyl (C=O) groups is 1. The number of thiazole rings is 1. The number of nitrogens with zero attached hydrogens (tertiary/aromatic N) is 4. The molecule has 5 rings (SSSR count). The third-order valence-electron chi connectivity index (χ3n) is 6.69. The standard InChI is InChI=1S/C26H30ClN5O2S/c1-2-34-26(33)32-14-11-17(12-15-32)24-31-22(18-6-5-7-19(27)16-18)23(35-24)21-10-13-28-25(30-21)29-20-8-3-4-9-20/h5-7,10,13,16-17,20H,2-4,8-9,11-12,14-15H2,1H3,(H,28,29,30). The molecule has 1 saturated heterocycles. The fourth-order valence-corrected chi connectivity index (χ4v) is 6.26. The number of carbonyl (C=O) groups excluding carboxylic acids is 1. The molecule has 0 spiro atoms. The lowest BCUT2D eigenvalue weighted by Crippen LogP contribution is -2.38. The van der Waals surface area contributed by atoms with Crippen LogP contribution in [-0.2, 0) is 4.74 Å². The van der Waals surface area contributed by atoms with Gasteiger partial charge in [0.05, 0.1) is 27.9 Å².